The molecule has 138 valence electrons. The van der Waals surface area contributed by atoms with Crippen molar-refractivity contribution >= 4 is 5.91 Å². The van der Waals surface area contributed by atoms with Gasteiger partial charge in [0.15, 0.2) is 0 Å². The first-order chi connectivity index (χ1) is 13.1. The van der Waals surface area contributed by atoms with E-state index in [1.54, 1.807) is 12.1 Å². The third kappa shape index (κ3) is 5.38. The first-order valence-electron chi connectivity index (χ1n) is 8.61. The van der Waals surface area contributed by atoms with Crippen LogP contribution in [0.15, 0.2) is 78.9 Å². The van der Waals surface area contributed by atoms with E-state index in [1.807, 2.05) is 48.5 Å². The smallest absolute Gasteiger partial charge is 0.265 e. The van der Waals surface area contributed by atoms with Crippen LogP contribution in [0.2, 0.25) is 0 Å². The third-order valence-electron chi connectivity index (χ3n) is 3.97. The number of rotatable bonds is 7. The lowest BCUT2D eigenvalue weighted by atomic mass is 10.1. The Morgan fingerprint density at radius 3 is 2.11 bits per heavy atom. The zero-order chi connectivity index (χ0) is 19.1. The van der Waals surface area contributed by atoms with E-state index in [1.165, 1.54) is 12.1 Å². The van der Waals surface area contributed by atoms with Gasteiger partial charge in [0.1, 0.15) is 17.4 Å². The number of carbonyl (C=O) groups excluding carboxylic acids is 1. The predicted octanol–water partition coefficient (Wildman–Crippen LogP) is 4.44. The lowest BCUT2D eigenvalue weighted by Gasteiger charge is -2.19. The number of para-hydroxylation sites is 1. The summed E-state index contributed by atoms with van der Waals surface area (Å²) in [6.45, 7) is 0.239. The molecule has 0 aliphatic heterocycles. The van der Waals surface area contributed by atoms with Crippen molar-refractivity contribution in [2.24, 2.45) is 0 Å². The Morgan fingerprint density at radius 2 is 1.48 bits per heavy atom. The predicted molar refractivity (Wildman–Crippen MR) is 99.3 cm³/mol. The van der Waals surface area contributed by atoms with Crippen molar-refractivity contribution < 1.29 is 18.3 Å². The molecule has 0 aromatic heterocycles. The summed E-state index contributed by atoms with van der Waals surface area (Å²) in [7, 11) is 0. The minimum atomic E-state index is -0.821. The fraction of sp³-hybridized carbons (Fsp3) is 0.136. The molecule has 1 unspecified atom stereocenters. The zero-order valence-corrected chi connectivity index (χ0v) is 14.6. The van der Waals surface area contributed by atoms with Gasteiger partial charge < -0.3 is 10.1 Å². The summed E-state index contributed by atoms with van der Waals surface area (Å²) < 4.78 is 32.4. The summed E-state index contributed by atoms with van der Waals surface area (Å²) in [6.07, 6.45) is -0.509. The highest BCUT2D eigenvalue weighted by Crippen LogP contribution is 2.22. The molecule has 0 radical (unpaired) electrons. The summed E-state index contributed by atoms with van der Waals surface area (Å²) in [5.74, 6) is -1.01. The summed E-state index contributed by atoms with van der Waals surface area (Å²) in [4.78, 5) is 12.7. The molecular formula is C22H19F2NO2. The second-order valence-corrected chi connectivity index (χ2v) is 6.04. The minimum absolute atomic E-state index is 0.239. The van der Waals surface area contributed by atoms with Crippen LogP contribution in [0.25, 0.3) is 0 Å². The van der Waals surface area contributed by atoms with Gasteiger partial charge in [-0.25, -0.2) is 8.78 Å². The van der Waals surface area contributed by atoms with E-state index in [-0.39, 0.29) is 12.5 Å². The monoisotopic (exact) mass is 367 g/mol. The highest BCUT2D eigenvalue weighted by atomic mass is 19.1. The molecule has 3 aromatic rings. The van der Waals surface area contributed by atoms with Crippen molar-refractivity contribution in [3.05, 3.63) is 102 Å². The Labute approximate surface area is 156 Å². The maximum Gasteiger partial charge on any atom is 0.265 e. The first kappa shape index (κ1) is 18.6. The largest absolute Gasteiger partial charge is 0.476 e. The molecule has 3 nitrogen and oxygen atoms in total. The fourth-order valence-corrected chi connectivity index (χ4v) is 2.71. The van der Waals surface area contributed by atoms with E-state index >= 15 is 0 Å². The molecule has 0 saturated carbocycles. The maximum absolute atomic E-state index is 13.3. The lowest BCUT2D eigenvalue weighted by molar-refractivity contribution is -0.128. The number of ether oxygens (including phenoxy) is 1. The molecule has 0 fully saturated rings. The van der Waals surface area contributed by atoms with E-state index in [9.17, 15) is 13.6 Å². The number of halogens is 2. The molecule has 27 heavy (non-hydrogen) atoms. The van der Waals surface area contributed by atoms with Gasteiger partial charge >= 0.3 is 0 Å². The summed E-state index contributed by atoms with van der Waals surface area (Å²) in [5, 5.41) is 2.78. The van der Waals surface area contributed by atoms with Crippen LogP contribution < -0.4 is 10.1 Å². The van der Waals surface area contributed by atoms with Gasteiger partial charge in [-0.05, 0) is 36.2 Å². The normalized spacial score (nSPS) is 11.6. The molecule has 3 rings (SSSR count). The van der Waals surface area contributed by atoms with Gasteiger partial charge in [0, 0.05) is 18.2 Å². The van der Waals surface area contributed by atoms with E-state index in [0.717, 1.165) is 11.6 Å². The van der Waals surface area contributed by atoms with Crippen molar-refractivity contribution in [2.45, 2.75) is 12.5 Å². The molecule has 0 saturated heterocycles. The van der Waals surface area contributed by atoms with E-state index in [2.05, 4.69) is 5.32 Å². The Morgan fingerprint density at radius 1 is 0.889 bits per heavy atom. The molecule has 0 spiro atoms. The van der Waals surface area contributed by atoms with Gasteiger partial charge in [0.2, 0.25) is 6.10 Å². The molecule has 0 heterocycles. The van der Waals surface area contributed by atoms with Crippen LogP contribution in [0.5, 0.6) is 5.75 Å². The second kappa shape index (κ2) is 8.94. The number of nitrogens with one attached hydrogen (secondary N) is 1. The van der Waals surface area contributed by atoms with Crippen LogP contribution in [0, 0.1) is 11.6 Å². The van der Waals surface area contributed by atoms with Gasteiger partial charge in [-0.1, -0.05) is 48.5 Å². The SMILES string of the molecule is O=C(NCCc1cc(F)cc(F)c1)C(Oc1ccccc1)c1ccccc1. The van der Waals surface area contributed by atoms with Crippen molar-refractivity contribution in [1.29, 1.82) is 0 Å². The highest BCUT2D eigenvalue weighted by Gasteiger charge is 2.22. The maximum atomic E-state index is 13.3. The average Bonchev–Trinajstić information content (AvgIpc) is 2.67. The van der Waals surface area contributed by atoms with Crippen LogP contribution in [-0.2, 0) is 11.2 Å². The van der Waals surface area contributed by atoms with Crippen LogP contribution >= 0.6 is 0 Å². The Bertz CT molecular complexity index is 865. The van der Waals surface area contributed by atoms with Crippen molar-refractivity contribution in [3.8, 4) is 5.75 Å². The molecule has 1 N–H and O–H groups in total. The molecule has 0 aliphatic rings. The van der Waals surface area contributed by atoms with Gasteiger partial charge in [-0.3, -0.25) is 4.79 Å². The van der Waals surface area contributed by atoms with Crippen molar-refractivity contribution in [2.75, 3.05) is 6.54 Å². The molecule has 1 atom stereocenters. The standard InChI is InChI=1S/C22H19F2NO2/c23-18-13-16(14-19(24)15-18)11-12-25-22(26)21(17-7-3-1-4-8-17)27-20-9-5-2-6-10-20/h1-10,13-15,21H,11-12H2,(H,25,26). The van der Waals surface area contributed by atoms with E-state index < -0.39 is 17.7 Å². The Balaban J connectivity index is 1.67. The third-order valence-corrected chi connectivity index (χ3v) is 3.97. The molecule has 5 heteroatoms. The number of amides is 1. The molecule has 1 amide bonds. The minimum Gasteiger partial charge on any atom is -0.476 e. The topological polar surface area (TPSA) is 38.3 Å². The number of benzene rings is 3. The second-order valence-electron chi connectivity index (χ2n) is 6.04. The van der Waals surface area contributed by atoms with Crippen molar-refractivity contribution in [1.82, 2.24) is 5.32 Å². The molecule has 0 aliphatic carbocycles. The summed E-state index contributed by atoms with van der Waals surface area (Å²) in [6, 6.07) is 21.6. The summed E-state index contributed by atoms with van der Waals surface area (Å²) >= 11 is 0. The quantitative estimate of drug-likeness (QED) is 0.670. The first-order valence-corrected chi connectivity index (χ1v) is 8.61. The molecular weight excluding hydrogens is 348 g/mol. The Hall–Kier alpha value is -3.21. The van der Waals surface area contributed by atoms with E-state index in [4.69, 9.17) is 4.74 Å². The molecule has 3 aromatic carbocycles. The number of hydrogen-bond acceptors (Lipinski definition) is 2. The highest BCUT2D eigenvalue weighted by molar-refractivity contribution is 5.82. The van der Waals surface area contributed by atoms with Crippen LogP contribution in [0.4, 0.5) is 8.78 Å². The lowest BCUT2D eigenvalue weighted by Crippen LogP contribution is -2.33. The van der Waals surface area contributed by atoms with E-state index in [0.29, 0.717) is 17.7 Å². The van der Waals surface area contributed by atoms with Crippen LogP contribution in [-0.4, -0.2) is 12.5 Å². The number of hydrogen-bond donors (Lipinski definition) is 1. The molecule has 0 bridgehead atoms. The van der Waals surface area contributed by atoms with Crippen molar-refractivity contribution in [3.63, 3.8) is 0 Å². The van der Waals surface area contributed by atoms with Crippen LogP contribution in [0.3, 0.4) is 0 Å². The van der Waals surface area contributed by atoms with Gasteiger partial charge in [0.05, 0.1) is 0 Å². The van der Waals surface area contributed by atoms with Gasteiger partial charge in [-0.15, -0.1) is 0 Å². The average molecular weight is 367 g/mol. The van der Waals surface area contributed by atoms with Crippen LogP contribution in [0.1, 0.15) is 17.2 Å². The van der Waals surface area contributed by atoms with Gasteiger partial charge in [-0.2, -0.15) is 0 Å². The zero-order valence-electron chi connectivity index (χ0n) is 14.6. The van der Waals surface area contributed by atoms with Gasteiger partial charge in [0.25, 0.3) is 5.91 Å². The Kier molecular flexibility index (Phi) is 6.15. The summed E-state index contributed by atoms with van der Waals surface area (Å²) in [5.41, 5.74) is 1.20. The fourth-order valence-electron chi connectivity index (χ4n) is 2.71. The number of carbonyl (C=O) groups is 1.